The maximum Gasteiger partial charge on any atom is 0.242 e. The third-order valence-corrected chi connectivity index (χ3v) is 5.09. The molecule has 0 spiro atoms. The van der Waals surface area contributed by atoms with Crippen LogP contribution in [0.1, 0.15) is 20.3 Å². The van der Waals surface area contributed by atoms with Gasteiger partial charge in [0.25, 0.3) is 0 Å². The van der Waals surface area contributed by atoms with Crippen molar-refractivity contribution < 1.29 is 8.42 Å². The molecule has 2 rings (SSSR count). The van der Waals surface area contributed by atoms with Crippen molar-refractivity contribution in [3.8, 4) is 0 Å². The molecule has 100 valence electrons. The van der Waals surface area contributed by atoms with Crippen LogP contribution < -0.4 is 10.5 Å². The summed E-state index contributed by atoms with van der Waals surface area (Å²) in [4.78, 5) is 3.78. The van der Waals surface area contributed by atoms with Crippen molar-refractivity contribution in [2.45, 2.75) is 25.2 Å². The highest BCUT2D eigenvalue weighted by Crippen LogP contribution is 2.51. The van der Waals surface area contributed by atoms with E-state index in [-0.39, 0.29) is 21.2 Å². The topological polar surface area (TPSA) is 85.1 Å². The van der Waals surface area contributed by atoms with Crippen molar-refractivity contribution in [1.29, 1.82) is 0 Å². The second kappa shape index (κ2) is 4.36. The highest BCUT2D eigenvalue weighted by molar-refractivity contribution is 7.89. The Balaban J connectivity index is 2.08. The summed E-state index contributed by atoms with van der Waals surface area (Å²) in [6.45, 7) is 4.68. The van der Waals surface area contributed by atoms with E-state index in [2.05, 4.69) is 23.6 Å². The number of rotatable bonds is 4. The molecule has 0 aromatic carbocycles. The first-order valence-corrected chi connectivity index (χ1v) is 7.49. The van der Waals surface area contributed by atoms with Gasteiger partial charge in [0.1, 0.15) is 10.7 Å². The summed E-state index contributed by atoms with van der Waals surface area (Å²) in [6.07, 6.45) is 2.25. The lowest BCUT2D eigenvalue weighted by Crippen LogP contribution is -2.27. The van der Waals surface area contributed by atoms with Crippen LogP contribution in [0.25, 0.3) is 0 Å². The van der Waals surface area contributed by atoms with Gasteiger partial charge < -0.3 is 5.73 Å². The fourth-order valence-electron chi connectivity index (χ4n) is 1.80. The molecular weight excluding hydrogens is 274 g/mol. The first kappa shape index (κ1) is 13.6. The van der Waals surface area contributed by atoms with E-state index in [4.69, 9.17) is 17.3 Å². The van der Waals surface area contributed by atoms with Crippen molar-refractivity contribution in [3.05, 3.63) is 17.3 Å². The number of nitrogen functional groups attached to an aromatic ring is 1. The van der Waals surface area contributed by atoms with Crippen LogP contribution in [-0.4, -0.2) is 19.9 Å². The minimum absolute atomic E-state index is 0.0418. The molecule has 0 aliphatic heterocycles. The van der Waals surface area contributed by atoms with Crippen LogP contribution in [0.5, 0.6) is 0 Å². The summed E-state index contributed by atoms with van der Waals surface area (Å²) in [6, 6.07) is 1.31. The van der Waals surface area contributed by atoms with Gasteiger partial charge in [-0.1, -0.05) is 25.4 Å². The number of sulfonamides is 1. The van der Waals surface area contributed by atoms with E-state index in [9.17, 15) is 8.42 Å². The predicted molar refractivity (Wildman–Crippen MR) is 70.7 cm³/mol. The van der Waals surface area contributed by atoms with E-state index < -0.39 is 10.0 Å². The molecule has 18 heavy (non-hydrogen) atoms. The average molecular weight is 290 g/mol. The van der Waals surface area contributed by atoms with Gasteiger partial charge in [-0.15, -0.1) is 0 Å². The maximum atomic E-state index is 12.0. The number of hydrogen-bond acceptors (Lipinski definition) is 4. The van der Waals surface area contributed by atoms with Gasteiger partial charge in [-0.25, -0.2) is 18.1 Å². The Morgan fingerprint density at radius 3 is 2.72 bits per heavy atom. The molecule has 0 radical (unpaired) electrons. The van der Waals surface area contributed by atoms with Crippen LogP contribution in [-0.2, 0) is 10.0 Å². The average Bonchev–Trinajstić information content (AvgIpc) is 2.88. The molecule has 5 nitrogen and oxygen atoms in total. The molecule has 3 N–H and O–H groups in total. The van der Waals surface area contributed by atoms with Gasteiger partial charge in [-0.3, -0.25) is 0 Å². The standard InChI is InChI=1S/C11H16ClN3O2S/c1-11(2)4-7(11)5-15-18(16,17)8-3-9(12)10(13)14-6-8/h3,6-7,15H,4-5H2,1-2H3,(H2,13,14). The predicted octanol–water partition coefficient (Wildman–Crippen LogP) is 1.64. The zero-order chi connectivity index (χ0) is 13.6. The highest BCUT2D eigenvalue weighted by Gasteiger charge is 2.45. The quantitative estimate of drug-likeness (QED) is 0.882. The minimum Gasteiger partial charge on any atom is -0.382 e. The molecule has 1 aliphatic rings. The van der Waals surface area contributed by atoms with Crippen molar-refractivity contribution in [2.24, 2.45) is 11.3 Å². The van der Waals surface area contributed by atoms with Crippen LogP contribution in [0, 0.1) is 11.3 Å². The highest BCUT2D eigenvalue weighted by atomic mass is 35.5. The number of nitrogens with one attached hydrogen (secondary N) is 1. The van der Waals surface area contributed by atoms with Gasteiger partial charge in [0.05, 0.1) is 5.02 Å². The Hall–Kier alpha value is -0.850. The van der Waals surface area contributed by atoms with E-state index in [1.165, 1.54) is 12.3 Å². The fourth-order valence-corrected chi connectivity index (χ4v) is 3.08. The number of pyridine rings is 1. The molecule has 1 aromatic heterocycles. The van der Waals surface area contributed by atoms with Gasteiger partial charge in [-0.05, 0) is 23.8 Å². The van der Waals surface area contributed by atoms with Crippen molar-refractivity contribution >= 4 is 27.4 Å². The molecule has 0 bridgehead atoms. The minimum atomic E-state index is -3.56. The molecule has 1 fully saturated rings. The van der Waals surface area contributed by atoms with Gasteiger partial charge in [0.2, 0.25) is 10.0 Å². The molecule has 1 aromatic rings. The Kier molecular flexibility index (Phi) is 3.29. The lowest BCUT2D eigenvalue weighted by atomic mass is 10.1. The number of nitrogens with two attached hydrogens (primary N) is 1. The molecule has 1 aliphatic carbocycles. The smallest absolute Gasteiger partial charge is 0.242 e. The molecule has 0 saturated heterocycles. The fraction of sp³-hybridized carbons (Fsp3) is 0.545. The molecule has 1 unspecified atom stereocenters. The van der Waals surface area contributed by atoms with Crippen molar-refractivity contribution in [2.75, 3.05) is 12.3 Å². The first-order chi connectivity index (χ1) is 8.22. The van der Waals surface area contributed by atoms with Crippen LogP contribution in [0.15, 0.2) is 17.2 Å². The molecule has 1 atom stereocenters. The van der Waals surface area contributed by atoms with Crippen LogP contribution >= 0.6 is 11.6 Å². The lowest BCUT2D eigenvalue weighted by Gasteiger charge is -2.08. The monoisotopic (exact) mass is 289 g/mol. The summed E-state index contributed by atoms with van der Waals surface area (Å²) in [5.74, 6) is 0.517. The first-order valence-electron chi connectivity index (χ1n) is 5.63. The molecule has 1 heterocycles. The molecule has 0 amide bonds. The van der Waals surface area contributed by atoms with Crippen molar-refractivity contribution in [3.63, 3.8) is 0 Å². The summed E-state index contributed by atoms with van der Waals surface area (Å²) in [5, 5.41) is 0.143. The second-order valence-electron chi connectivity index (χ2n) is 5.28. The van der Waals surface area contributed by atoms with Crippen LogP contribution in [0.3, 0.4) is 0 Å². The van der Waals surface area contributed by atoms with E-state index >= 15 is 0 Å². The third kappa shape index (κ3) is 2.76. The van der Waals surface area contributed by atoms with E-state index in [1.54, 1.807) is 0 Å². The summed E-state index contributed by atoms with van der Waals surface area (Å²) in [7, 11) is -3.56. The van der Waals surface area contributed by atoms with E-state index in [0.717, 1.165) is 6.42 Å². The summed E-state index contributed by atoms with van der Waals surface area (Å²) < 4.78 is 26.5. The Morgan fingerprint density at radius 2 is 2.22 bits per heavy atom. The number of hydrogen-bond donors (Lipinski definition) is 2. The number of anilines is 1. The zero-order valence-corrected chi connectivity index (χ0v) is 11.8. The number of halogens is 1. The lowest BCUT2D eigenvalue weighted by molar-refractivity contribution is 0.537. The molecule has 1 saturated carbocycles. The van der Waals surface area contributed by atoms with Crippen molar-refractivity contribution in [1.82, 2.24) is 9.71 Å². The summed E-state index contributed by atoms with van der Waals surface area (Å²) in [5.41, 5.74) is 5.68. The molecular formula is C11H16ClN3O2S. The Bertz CT molecular complexity index is 572. The zero-order valence-electron chi connectivity index (χ0n) is 10.3. The molecule has 7 heteroatoms. The van der Waals surface area contributed by atoms with Crippen LogP contribution in [0.2, 0.25) is 5.02 Å². The third-order valence-electron chi connectivity index (χ3n) is 3.39. The van der Waals surface area contributed by atoms with Gasteiger partial charge in [0.15, 0.2) is 0 Å². The maximum absolute atomic E-state index is 12.0. The largest absolute Gasteiger partial charge is 0.382 e. The summed E-state index contributed by atoms with van der Waals surface area (Å²) >= 11 is 5.76. The SMILES string of the molecule is CC1(C)CC1CNS(=O)(=O)c1cnc(N)c(Cl)c1. The second-order valence-corrected chi connectivity index (χ2v) is 7.45. The Morgan fingerprint density at radius 1 is 1.61 bits per heavy atom. The Labute approximate surface area is 112 Å². The number of nitrogens with zero attached hydrogens (tertiary/aromatic N) is 1. The normalized spacial score (nSPS) is 21.8. The van der Waals surface area contributed by atoms with E-state index in [1.807, 2.05) is 0 Å². The van der Waals surface area contributed by atoms with Gasteiger partial charge in [0, 0.05) is 12.7 Å². The van der Waals surface area contributed by atoms with Gasteiger partial charge in [-0.2, -0.15) is 0 Å². The van der Waals surface area contributed by atoms with E-state index in [0.29, 0.717) is 12.5 Å². The van der Waals surface area contributed by atoms with Gasteiger partial charge >= 0.3 is 0 Å². The number of aromatic nitrogens is 1. The van der Waals surface area contributed by atoms with Crippen LogP contribution in [0.4, 0.5) is 5.82 Å².